The van der Waals surface area contributed by atoms with Gasteiger partial charge in [0.1, 0.15) is 0 Å². The maximum absolute atomic E-state index is 9.30. The van der Waals surface area contributed by atoms with Crippen molar-refractivity contribution in [2.75, 3.05) is 0 Å². The lowest BCUT2D eigenvalue weighted by atomic mass is 10.2. The van der Waals surface area contributed by atoms with Crippen molar-refractivity contribution in [2.45, 2.75) is 19.8 Å². The van der Waals surface area contributed by atoms with Crippen LogP contribution in [0.1, 0.15) is 19.8 Å². The summed E-state index contributed by atoms with van der Waals surface area (Å²) in [6.45, 7) is 1.83. The summed E-state index contributed by atoms with van der Waals surface area (Å²) < 4.78 is 0. The number of allylic oxidation sites excluding steroid dienone is 4. The Morgan fingerprint density at radius 1 is 1.33 bits per heavy atom. The highest BCUT2D eigenvalue weighted by Gasteiger charge is 1.94. The van der Waals surface area contributed by atoms with Crippen molar-refractivity contribution in [2.24, 2.45) is 4.99 Å². The van der Waals surface area contributed by atoms with Gasteiger partial charge in [0.2, 0.25) is 5.90 Å². The highest BCUT2D eigenvalue weighted by molar-refractivity contribution is 5.91. The Balaban J connectivity index is 2.82. The van der Waals surface area contributed by atoms with Crippen LogP contribution < -0.4 is 0 Å². The monoisotopic (exact) mass is 163 g/mol. The van der Waals surface area contributed by atoms with E-state index in [1.807, 2.05) is 25.2 Å². The molecule has 0 amide bonds. The summed E-state index contributed by atoms with van der Waals surface area (Å²) in [7, 11) is 0. The standard InChI is InChI=1S/C10H13NO/c1-9-7-5-3-2-4-6-8-11-10(9)12/h3,5-8H,2,4H2,1H3,(H,11,12)/b5-3-,8-6+,9-7+. The van der Waals surface area contributed by atoms with E-state index in [1.54, 1.807) is 6.20 Å². The first-order chi connectivity index (χ1) is 5.80. The van der Waals surface area contributed by atoms with E-state index in [4.69, 9.17) is 0 Å². The van der Waals surface area contributed by atoms with Crippen molar-refractivity contribution in [1.29, 1.82) is 0 Å². The SMILES string of the molecule is CC1=C\C=C/CC/C=C/N=C\1O. The Kier molecular flexibility index (Phi) is 3.33. The van der Waals surface area contributed by atoms with Crippen LogP contribution in [0.5, 0.6) is 0 Å². The summed E-state index contributed by atoms with van der Waals surface area (Å²) in [5.74, 6) is 0.0952. The molecule has 0 aromatic rings. The van der Waals surface area contributed by atoms with Gasteiger partial charge in [-0.2, -0.15) is 0 Å². The minimum absolute atomic E-state index is 0.0952. The predicted molar refractivity (Wildman–Crippen MR) is 51.3 cm³/mol. The van der Waals surface area contributed by atoms with Gasteiger partial charge >= 0.3 is 0 Å². The topological polar surface area (TPSA) is 32.6 Å². The fourth-order valence-corrected chi connectivity index (χ4v) is 0.875. The fraction of sp³-hybridized carbons (Fsp3) is 0.300. The van der Waals surface area contributed by atoms with Crippen LogP contribution in [0.25, 0.3) is 0 Å². The molecule has 0 atom stereocenters. The first kappa shape index (κ1) is 8.78. The second-order valence-corrected chi connectivity index (χ2v) is 2.69. The molecule has 1 rings (SSSR count). The normalized spacial score (nSPS) is 32.4. The van der Waals surface area contributed by atoms with E-state index in [-0.39, 0.29) is 5.90 Å². The third kappa shape index (κ3) is 2.74. The quantitative estimate of drug-likeness (QED) is 0.585. The summed E-state index contributed by atoms with van der Waals surface area (Å²) >= 11 is 0. The molecule has 0 saturated carbocycles. The number of hydrogen-bond donors (Lipinski definition) is 1. The molecule has 2 heteroatoms. The number of rotatable bonds is 0. The zero-order chi connectivity index (χ0) is 8.81. The molecule has 0 aromatic carbocycles. The second-order valence-electron chi connectivity index (χ2n) is 2.69. The molecule has 1 N–H and O–H groups in total. The van der Waals surface area contributed by atoms with E-state index in [2.05, 4.69) is 11.1 Å². The molecular weight excluding hydrogens is 150 g/mol. The van der Waals surface area contributed by atoms with Crippen LogP contribution in [0.15, 0.2) is 41.1 Å². The Bertz CT molecular complexity index is 231. The van der Waals surface area contributed by atoms with Crippen LogP contribution in [0.2, 0.25) is 0 Å². The van der Waals surface area contributed by atoms with E-state index in [0.29, 0.717) is 0 Å². The highest BCUT2D eigenvalue weighted by Crippen LogP contribution is 2.01. The van der Waals surface area contributed by atoms with Gasteiger partial charge in [0.15, 0.2) is 0 Å². The van der Waals surface area contributed by atoms with Crippen LogP contribution >= 0.6 is 0 Å². The number of hydrogen-bond acceptors (Lipinski definition) is 1. The number of aliphatic hydroxyl groups excluding tert-OH is 1. The summed E-state index contributed by atoms with van der Waals surface area (Å²) in [4.78, 5) is 3.86. The maximum atomic E-state index is 9.30. The lowest BCUT2D eigenvalue weighted by Crippen LogP contribution is -1.96. The zero-order valence-electron chi connectivity index (χ0n) is 7.20. The molecule has 64 valence electrons. The van der Waals surface area contributed by atoms with Crippen molar-refractivity contribution in [1.82, 2.24) is 0 Å². The van der Waals surface area contributed by atoms with E-state index >= 15 is 0 Å². The molecule has 0 bridgehead atoms. The zero-order valence-corrected chi connectivity index (χ0v) is 7.20. The van der Waals surface area contributed by atoms with Crippen LogP contribution in [0, 0.1) is 0 Å². The van der Waals surface area contributed by atoms with Crippen molar-refractivity contribution in [3.05, 3.63) is 36.1 Å². The average molecular weight is 163 g/mol. The Morgan fingerprint density at radius 3 is 2.92 bits per heavy atom. The lowest BCUT2D eigenvalue weighted by molar-refractivity contribution is 0.552. The van der Waals surface area contributed by atoms with E-state index in [0.717, 1.165) is 18.4 Å². The first-order valence-corrected chi connectivity index (χ1v) is 4.06. The number of nitrogens with zero attached hydrogens (tertiary/aromatic N) is 1. The smallest absolute Gasteiger partial charge is 0.213 e. The van der Waals surface area contributed by atoms with Gasteiger partial charge in [-0.15, -0.1) is 0 Å². The summed E-state index contributed by atoms with van der Waals surface area (Å²) in [6.07, 6.45) is 11.5. The van der Waals surface area contributed by atoms with Crippen LogP contribution in [-0.2, 0) is 0 Å². The summed E-state index contributed by atoms with van der Waals surface area (Å²) in [6, 6.07) is 0. The summed E-state index contributed by atoms with van der Waals surface area (Å²) in [5.41, 5.74) is 0.790. The molecule has 0 radical (unpaired) electrons. The predicted octanol–water partition coefficient (Wildman–Crippen LogP) is 2.75. The number of aliphatic hydroxyl groups is 1. The van der Waals surface area contributed by atoms with Gasteiger partial charge in [-0.05, 0) is 19.8 Å². The van der Waals surface area contributed by atoms with E-state index in [1.165, 1.54) is 0 Å². The van der Waals surface area contributed by atoms with E-state index in [9.17, 15) is 5.11 Å². The molecule has 0 aliphatic carbocycles. The van der Waals surface area contributed by atoms with Crippen LogP contribution in [0.4, 0.5) is 0 Å². The first-order valence-electron chi connectivity index (χ1n) is 4.06. The molecule has 0 unspecified atom stereocenters. The molecule has 1 aliphatic heterocycles. The maximum Gasteiger partial charge on any atom is 0.213 e. The highest BCUT2D eigenvalue weighted by atomic mass is 16.3. The van der Waals surface area contributed by atoms with Gasteiger partial charge in [-0.3, -0.25) is 0 Å². The molecule has 2 nitrogen and oxygen atoms in total. The Hall–Kier alpha value is -1.31. The molecular formula is C10H13NO. The van der Waals surface area contributed by atoms with Gasteiger partial charge in [-0.25, -0.2) is 4.99 Å². The van der Waals surface area contributed by atoms with Crippen LogP contribution in [0.3, 0.4) is 0 Å². The van der Waals surface area contributed by atoms with Crippen molar-refractivity contribution >= 4 is 5.90 Å². The van der Waals surface area contributed by atoms with Gasteiger partial charge in [0.05, 0.1) is 0 Å². The second kappa shape index (κ2) is 4.54. The van der Waals surface area contributed by atoms with Gasteiger partial charge in [-0.1, -0.05) is 24.3 Å². The van der Waals surface area contributed by atoms with Crippen molar-refractivity contribution < 1.29 is 5.11 Å². The number of aliphatic imine (C=N–C) groups is 1. The van der Waals surface area contributed by atoms with Gasteiger partial charge in [0, 0.05) is 11.8 Å². The van der Waals surface area contributed by atoms with Gasteiger partial charge < -0.3 is 5.11 Å². The van der Waals surface area contributed by atoms with Crippen LogP contribution in [-0.4, -0.2) is 11.0 Å². The van der Waals surface area contributed by atoms with Gasteiger partial charge in [0.25, 0.3) is 0 Å². The Labute approximate surface area is 72.6 Å². The summed E-state index contributed by atoms with van der Waals surface area (Å²) in [5, 5.41) is 9.30. The average Bonchev–Trinajstić information content (AvgIpc) is 2.08. The van der Waals surface area contributed by atoms with Crippen molar-refractivity contribution in [3.8, 4) is 0 Å². The molecule has 1 aliphatic rings. The molecule has 0 spiro atoms. The lowest BCUT2D eigenvalue weighted by Gasteiger charge is -1.96. The fourth-order valence-electron chi connectivity index (χ4n) is 0.875. The third-order valence-electron chi connectivity index (χ3n) is 1.64. The largest absolute Gasteiger partial charge is 0.493 e. The molecule has 0 aromatic heterocycles. The third-order valence-corrected chi connectivity index (χ3v) is 1.64. The Morgan fingerprint density at radius 2 is 2.08 bits per heavy atom. The molecule has 1 heterocycles. The van der Waals surface area contributed by atoms with Crippen molar-refractivity contribution in [3.63, 3.8) is 0 Å². The minimum atomic E-state index is 0.0952. The minimum Gasteiger partial charge on any atom is -0.493 e. The molecule has 0 fully saturated rings. The van der Waals surface area contributed by atoms with E-state index < -0.39 is 0 Å². The molecule has 12 heavy (non-hydrogen) atoms. The molecule has 0 saturated heterocycles.